The van der Waals surface area contributed by atoms with E-state index in [9.17, 15) is 18.5 Å². The van der Waals surface area contributed by atoms with Gasteiger partial charge in [0.05, 0.1) is 10.6 Å². The van der Waals surface area contributed by atoms with Crippen molar-refractivity contribution in [3.05, 3.63) is 28.3 Å². The highest BCUT2D eigenvalue weighted by Gasteiger charge is 2.25. The van der Waals surface area contributed by atoms with Crippen LogP contribution in [0, 0.1) is 10.1 Å². The van der Waals surface area contributed by atoms with E-state index in [1.165, 1.54) is 12.1 Å². The first kappa shape index (κ1) is 15.7. The fourth-order valence-electron chi connectivity index (χ4n) is 2.55. The number of non-ortho nitro benzene ring substituents is 1. The van der Waals surface area contributed by atoms with Gasteiger partial charge >= 0.3 is 0 Å². The largest absolute Gasteiger partial charge is 0.398 e. The number of nitro groups is 1. The van der Waals surface area contributed by atoms with Crippen molar-refractivity contribution in [1.29, 1.82) is 0 Å². The lowest BCUT2D eigenvalue weighted by atomic mass is 10.1. The zero-order valence-electron chi connectivity index (χ0n) is 11.6. The van der Waals surface area contributed by atoms with Crippen molar-refractivity contribution in [2.45, 2.75) is 49.5 Å². The minimum absolute atomic E-state index is 0.0155. The summed E-state index contributed by atoms with van der Waals surface area (Å²) >= 11 is 0. The zero-order valence-corrected chi connectivity index (χ0v) is 12.4. The lowest BCUT2D eigenvalue weighted by molar-refractivity contribution is -0.385. The molecule has 1 aromatic carbocycles. The summed E-state index contributed by atoms with van der Waals surface area (Å²) in [6.07, 6.45) is 5.76. The molecule has 1 aromatic rings. The van der Waals surface area contributed by atoms with E-state index in [1.54, 1.807) is 0 Å². The van der Waals surface area contributed by atoms with Gasteiger partial charge in [0.15, 0.2) is 0 Å². The molecule has 0 unspecified atom stereocenters. The number of nitro benzene ring substituents is 1. The molecular formula is C13H19N3O4S. The summed E-state index contributed by atoms with van der Waals surface area (Å²) in [5, 5.41) is 10.8. The Morgan fingerprint density at radius 1 is 1.19 bits per heavy atom. The number of nitrogens with one attached hydrogen (secondary N) is 1. The quantitative estimate of drug-likeness (QED) is 0.382. The van der Waals surface area contributed by atoms with E-state index < -0.39 is 14.9 Å². The highest BCUT2D eigenvalue weighted by atomic mass is 32.2. The third-order valence-corrected chi connectivity index (χ3v) is 5.25. The van der Waals surface area contributed by atoms with Crippen LogP contribution in [0.1, 0.15) is 38.5 Å². The fourth-order valence-corrected chi connectivity index (χ4v) is 4.01. The lowest BCUT2D eigenvalue weighted by Crippen LogP contribution is -2.34. The van der Waals surface area contributed by atoms with Crippen LogP contribution in [0.2, 0.25) is 0 Å². The molecule has 1 aliphatic carbocycles. The van der Waals surface area contributed by atoms with Crippen molar-refractivity contribution in [3.8, 4) is 0 Å². The predicted octanol–water partition coefficient (Wildman–Crippen LogP) is 2.18. The van der Waals surface area contributed by atoms with Crippen molar-refractivity contribution in [3.63, 3.8) is 0 Å². The summed E-state index contributed by atoms with van der Waals surface area (Å²) in [5.74, 6) is 0. The number of sulfonamides is 1. The molecule has 8 heteroatoms. The van der Waals surface area contributed by atoms with E-state index in [-0.39, 0.29) is 22.3 Å². The number of nitrogen functional groups attached to an aromatic ring is 1. The maximum absolute atomic E-state index is 12.4. The van der Waals surface area contributed by atoms with Gasteiger partial charge in [-0.1, -0.05) is 25.7 Å². The number of anilines is 1. The van der Waals surface area contributed by atoms with E-state index >= 15 is 0 Å². The molecule has 2 rings (SSSR count). The molecule has 0 amide bonds. The summed E-state index contributed by atoms with van der Waals surface area (Å²) in [5.41, 5.74) is 5.40. The number of hydrogen-bond donors (Lipinski definition) is 2. The molecule has 0 spiro atoms. The number of nitrogens with two attached hydrogens (primary N) is 1. The molecule has 116 valence electrons. The van der Waals surface area contributed by atoms with Crippen LogP contribution in [0.25, 0.3) is 0 Å². The molecule has 0 bridgehead atoms. The monoisotopic (exact) mass is 313 g/mol. The van der Waals surface area contributed by atoms with Crippen molar-refractivity contribution < 1.29 is 13.3 Å². The van der Waals surface area contributed by atoms with Crippen LogP contribution in [0.4, 0.5) is 11.4 Å². The Balaban J connectivity index is 2.26. The first-order valence-electron chi connectivity index (χ1n) is 6.96. The standard InChI is InChI=1S/C13H19N3O4S/c14-12-8-7-11(16(17)18)9-13(12)21(19,20)15-10-5-3-1-2-4-6-10/h7-10,15H,1-6,14H2. The fraction of sp³-hybridized carbons (Fsp3) is 0.538. The Bertz CT molecular complexity index is 622. The molecule has 0 heterocycles. The van der Waals surface area contributed by atoms with E-state index in [1.807, 2.05) is 0 Å². The van der Waals surface area contributed by atoms with Gasteiger partial charge in [0.1, 0.15) is 4.90 Å². The third-order valence-electron chi connectivity index (χ3n) is 3.67. The van der Waals surface area contributed by atoms with Crippen molar-refractivity contribution >= 4 is 21.4 Å². The lowest BCUT2D eigenvalue weighted by Gasteiger charge is -2.17. The van der Waals surface area contributed by atoms with Gasteiger partial charge in [-0.2, -0.15) is 0 Å². The van der Waals surface area contributed by atoms with Gasteiger partial charge in [-0.3, -0.25) is 10.1 Å². The van der Waals surface area contributed by atoms with Crippen LogP contribution in [0.15, 0.2) is 23.1 Å². The predicted molar refractivity (Wildman–Crippen MR) is 79.3 cm³/mol. The maximum Gasteiger partial charge on any atom is 0.270 e. The number of nitrogens with zero attached hydrogens (tertiary/aromatic N) is 1. The molecule has 0 saturated heterocycles. The zero-order chi connectivity index (χ0) is 15.5. The van der Waals surface area contributed by atoms with Crippen molar-refractivity contribution in [2.75, 3.05) is 5.73 Å². The highest BCUT2D eigenvalue weighted by molar-refractivity contribution is 7.89. The van der Waals surface area contributed by atoms with Crippen molar-refractivity contribution in [1.82, 2.24) is 4.72 Å². The second kappa shape index (κ2) is 6.40. The van der Waals surface area contributed by atoms with Gasteiger partial charge in [-0.05, 0) is 18.9 Å². The van der Waals surface area contributed by atoms with Gasteiger partial charge in [-0.25, -0.2) is 13.1 Å². The summed E-state index contributed by atoms with van der Waals surface area (Å²) in [6.45, 7) is 0. The molecule has 1 aliphatic rings. The van der Waals surface area contributed by atoms with Gasteiger partial charge in [0, 0.05) is 18.2 Å². The van der Waals surface area contributed by atoms with Crippen LogP contribution in [-0.4, -0.2) is 19.4 Å². The molecular weight excluding hydrogens is 294 g/mol. The summed E-state index contributed by atoms with van der Waals surface area (Å²) < 4.78 is 27.4. The number of rotatable bonds is 4. The van der Waals surface area contributed by atoms with Crippen LogP contribution in [0.3, 0.4) is 0 Å². The number of benzene rings is 1. The topological polar surface area (TPSA) is 115 Å². The Morgan fingerprint density at radius 3 is 2.38 bits per heavy atom. The normalized spacial score (nSPS) is 17.3. The second-order valence-electron chi connectivity index (χ2n) is 5.29. The van der Waals surface area contributed by atoms with Crippen LogP contribution < -0.4 is 10.5 Å². The van der Waals surface area contributed by atoms with Gasteiger partial charge < -0.3 is 5.73 Å². The molecule has 0 aliphatic heterocycles. The smallest absolute Gasteiger partial charge is 0.270 e. The molecule has 0 aromatic heterocycles. The molecule has 3 N–H and O–H groups in total. The molecule has 1 fully saturated rings. The van der Waals surface area contributed by atoms with Gasteiger partial charge in [0.2, 0.25) is 10.0 Å². The molecule has 0 radical (unpaired) electrons. The Morgan fingerprint density at radius 2 is 1.81 bits per heavy atom. The maximum atomic E-state index is 12.4. The Hall–Kier alpha value is -1.67. The number of hydrogen-bond acceptors (Lipinski definition) is 5. The SMILES string of the molecule is Nc1ccc([N+](=O)[O-])cc1S(=O)(=O)NC1CCCCCC1. The van der Waals surface area contributed by atoms with Crippen LogP contribution >= 0.6 is 0 Å². The average Bonchev–Trinajstić information content (AvgIpc) is 2.66. The van der Waals surface area contributed by atoms with Crippen LogP contribution in [0.5, 0.6) is 0 Å². The van der Waals surface area contributed by atoms with E-state index in [0.29, 0.717) is 0 Å². The summed E-state index contributed by atoms with van der Waals surface area (Å²) in [4.78, 5) is 9.92. The van der Waals surface area contributed by atoms with E-state index in [2.05, 4.69) is 4.72 Å². The first-order valence-corrected chi connectivity index (χ1v) is 8.45. The second-order valence-corrected chi connectivity index (χ2v) is 6.97. The Kier molecular flexibility index (Phi) is 4.79. The molecule has 0 atom stereocenters. The minimum atomic E-state index is -3.84. The van der Waals surface area contributed by atoms with Gasteiger partial charge in [0.25, 0.3) is 5.69 Å². The van der Waals surface area contributed by atoms with E-state index in [4.69, 9.17) is 5.73 Å². The Labute approximate surface area is 123 Å². The average molecular weight is 313 g/mol. The van der Waals surface area contributed by atoms with Crippen molar-refractivity contribution in [2.24, 2.45) is 0 Å². The summed E-state index contributed by atoms with van der Waals surface area (Å²) in [7, 11) is -3.84. The van der Waals surface area contributed by atoms with E-state index in [0.717, 1.165) is 44.6 Å². The first-order chi connectivity index (χ1) is 9.90. The molecule has 1 saturated carbocycles. The highest BCUT2D eigenvalue weighted by Crippen LogP contribution is 2.25. The molecule has 21 heavy (non-hydrogen) atoms. The summed E-state index contributed by atoms with van der Waals surface area (Å²) in [6, 6.07) is 3.32. The third kappa shape index (κ3) is 3.92. The van der Waals surface area contributed by atoms with Gasteiger partial charge in [-0.15, -0.1) is 0 Å². The van der Waals surface area contributed by atoms with Crippen LogP contribution in [-0.2, 0) is 10.0 Å². The minimum Gasteiger partial charge on any atom is -0.398 e. The molecule has 7 nitrogen and oxygen atoms in total.